The van der Waals surface area contributed by atoms with Crippen molar-refractivity contribution in [3.05, 3.63) is 58.4 Å². The number of nitrogens with zero attached hydrogens (tertiary/aromatic N) is 1. The van der Waals surface area contributed by atoms with Crippen LogP contribution in [0.25, 0.3) is 6.08 Å². The number of ether oxygens (including phenoxy) is 3. The molecule has 0 fully saturated rings. The van der Waals surface area contributed by atoms with Crippen LogP contribution in [0.4, 0.5) is 0 Å². The molecule has 1 heterocycles. The van der Waals surface area contributed by atoms with E-state index < -0.39 is 23.3 Å². The Morgan fingerprint density at radius 1 is 1.14 bits per heavy atom. The number of aromatic nitrogens is 1. The van der Waals surface area contributed by atoms with Crippen molar-refractivity contribution in [2.75, 3.05) is 21.3 Å². The van der Waals surface area contributed by atoms with E-state index in [1.807, 2.05) is 0 Å². The molecule has 0 bridgehead atoms. The van der Waals surface area contributed by atoms with Crippen LogP contribution in [-0.2, 0) is 19.1 Å². The van der Waals surface area contributed by atoms with Crippen LogP contribution in [0.1, 0.15) is 22.6 Å². The van der Waals surface area contributed by atoms with E-state index >= 15 is 0 Å². The molecule has 1 aromatic carbocycles. The molecule has 1 atom stereocenters. The van der Waals surface area contributed by atoms with E-state index in [4.69, 9.17) is 25.8 Å². The Labute approximate surface area is 166 Å². The lowest BCUT2D eigenvalue weighted by Gasteiger charge is -2.37. The second kappa shape index (κ2) is 7.52. The van der Waals surface area contributed by atoms with Crippen molar-refractivity contribution in [2.24, 2.45) is 5.41 Å². The van der Waals surface area contributed by atoms with Crippen molar-refractivity contribution in [3.8, 4) is 11.5 Å². The molecular formula is C20H18ClNO6. The number of pyridine rings is 1. The minimum absolute atomic E-state index is 0.0685. The molecular weight excluding hydrogens is 386 g/mol. The largest absolute Gasteiger partial charge is 0.504 e. The number of rotatable bonds is 4. The lowest BCUT2D eigenvalue weighted by atomic mass is 9.64. The zero-order chi connectivity index (χ0) is 20.5. The summed E-state index contributed by atoms with van der Waals surface area (Å²) in [7, 11) is 3.81. The summed E-state index contributed by atoms with van der Waals surface area (Å²) in [4.78, 5) is 29.7. The first-order chi connectivity index (χ1) is 13.4. The van der Waals surface area contributed by atoms with E-state index in [1.54, 1.807) is 24.3 Å². The highest BCUT2D eigenvalue weighted by molar-refractivity contribution is 6.29. The molecule has 0 saturated carbocycles. The maximum atomic E-state index is 12.9. The molecule has 0 radical (unpaired) electrons. The Morgan fingerprint density at radius 2 is 1.82 bits per heavy atom. The Morgan fingerprint density at radius 3 is 2.39 bits per heavy atom. The van der Waals surface area contributed by atoms with Gasteiger partial charge in [0.15, 0.2) is 16.9 Å². The number of fused-ring (bicyclic) bond motifs is 1. The van der Waals surface area contributed by atoms with Gasteiger partial charge in [0.2, 0.25) is 0 Å². The summed E-state index contributed by atoms with van der Waals surface area (Å²) in [6.07, 6.45) is 4.48. The number of phenolic OH excluding ortho intramolecular Hbond substituents is 1. The molecule has 1 N–H and O–H groups in total. The average molecular weight is 404 g/mol. The Kier molecular flexibility index (Phi) is 5.29. The second-order valence-corrected chi connectivity index (χ2v) is 6.57. The summed E-state index contributed by atoms with van der Waals surface area (Å²) in [6, 6.07) is 6.29. The molecule has 0 spiro atoms. The molecule has 28 heavy (non-hydrogen) atoms. The molecule has 8 heteroatoms. The lowest BCUT2D eigenvalue weighted by Crippen LogP contribution is -2.46. The van der Waals surface area contributed by atoms with E-state index in [2.05, 4.69) is 4.98 Å². The standard InChI is InChI=1S/C20H18ClNO6/c1-26-15-10-13-11(8-14(15)23)4-6-20(18(24)27-2,19(25)28-3)17(13)12-5-7-22-16(21)9-12/h4-10,17,23H,1-3H3. The van der Waals surface area contributed by atoms with Gasteiger partial charge in [0, 0.05) is 12.1 Å². The number of carbonyl (C=O) groups is 2. The van der Waals surface area contributed by atoms with E-state index in [-0.39, 0.29) is 16.7 Å². The normalized spacial score (nSPS) is 16.8. The minimum atomic E-state index is -1.79. The number of carbonyl (C=O) groups excluding carboxylic acids is 2. The molecule has 146 valence electrons. The molecule has 1 aliphatic rings. The molecule has 3 rings (SSSR count). The topological polar surface area (TPSA) is 95.0 Å². The number of hydrogen-bond acceptors (Lipinski definition) is 7. The second-order valence-electron chi connectivity index (χ2n) is 6.18. The molecule has 1 aliphatic carbocycles. The maximum absolute atomic E-state index is 12.9. The Bertz CT molecular complexity index is 955. The first kappa shape index (κ1) is 19.7. The summed E-state index contributed by atoms with van der Waals surface area (Å²) in [5, 5.41) is 10.3. The Hall–Kier alpha value is -3.06. The van der Waals surface area contributed by atoms with Crippen molar-refractivity contribution >= 4 is 29.6 Å². The third kappa shape index (κ3) is 2.97. The molecule has 0 saturated heterocycles. The zero-order valence-corrected chi connectivity index (χ0v) is 16.2. The maximum Gasteiger partial charge on any atom is 0.328 e. The molecule has 1 unspecified atom stereocenters. The van der Waals surface area contributed by atoms with Crippen molar-refractivity contribution in [1.29, 1.82) is 0 Å². The molecule has 0 amide bonds. The predicted octanol–water partition coefficient (Wildman–Crippen LogP) is 2.94. The van der Waals surface area contributed by atoms with E-state index in [9.17, 15) is 14.7 Å². The van der Waals surface area contributed by atoms with E-state index in [0.29, 0.717) is 16.7 Å². The van der Waals surface area contributed by atoms with Gasteiger partial charge in [-0.05, 0) is 41.0 Å². The number of methoxy groups -OCH3 is 3. The fourth-order valence-corrected chi connectivity index (χ4v) is 3.74. The number of hydrogen-bond donors (Lipinski definition) is 1. The van der Waals surface area contributed by atoms with E-state index in [1.165, 1.54) is 39.7 Å². The number of halogens is 1. The van der Waals surface area contributed by atoms with Crippen LogP contribution >= 0.6 is 11.6 Å². The van der Waals surface area contributed by atoms with Crippen LogP contribution in [0.3, 0.4) is 0 Å². The summed E-state index contributed by atoms with van der Waals surface area (Å²) in [6.45, 7) is 0. The van der Waals surface area contributed by atoms with Crippen molar-refractivity contribution in [1.82, 2.24) is 4.98 Å². The highest BCUT2D eigenvalue weighted by atomic mass is 35.5. The zero-order valence-electron chi connectivity index (χ0n) is 15.4. The van der Waals surface area contributed by atoms with Crippen LogP contribution in [0.15, 0.2) is 36.5 Å². The summed E-state index contributed by atoms with van der Waals surface area (Å²) >= 11 is 6.07. The van der Waals surface area contributed by atoms with Crippen molar-refractivity contribution < 1.29 is 28.9 Å². The van der Waals surface area contributed by atoms with Gasteiger partial charge in [-0.1, -0.05) is 23.8 Å². The summed E-state index contributed by atoms with van der Waals surface area (Å²) in [5.41, 5.74) is -0.0626. The first-order valence-corrected chi connectivity index (χ1v) is 8.65. The van der Waals surface area contributed by atoms with Gasteiger partial charge in [-0.25, -0.2) is 4.98 Å². The Balaban J connectivity index is 2.38. The third-order valence-corrected chi connectivity index (χ3v) is 5.01. The minimum Gasteiger partial charge on any atom is -0.504 e. The molecule has 2 aromatic rings. The smallest absolute Gasteiger partial charge is 0.328 e. The van der Waals surface area contributed by atoms with Crippen LogP contribution in [0.5, 0.6) is 11.5 Å². The predicted molar refractivity (Wildman–Crippen MR) is 101 cm³/mol. The monoisotopic (exact) mass is 403 g/mol. The average Bonchev–Trinajstić information content (AvgIpc) is 2.71. The fraction of sp³-hybridized carbons (Fsp3) is 0.250. The van der Waals surface area contributed by atoms with Crippen LogP contribution < -0.4 is 4.74 Å². The van der Waals surface area contributed by atoms with Crippen molar-refractivity contribution in [2.45, 2.75) is 5.92 Å². The lowest BCUT2D eigenvalue weighted by molar-refractivity contribution is -0.166. The SMILES string of the molecule is COC(=O)C1(C(=O)OC)C=Cc2cc(O)c(OC)cc2C1c1ccnc(Cl)c1. The quantitative estimate of drug-likeness (QED) is 0.476. The van der Waals surface area contributed by atoms with Gasteiger partial charge in [-0.15, -0.1) is 0 Å². The van der Waals surface area contributed by atoms with Crippen LogP contribution in [0.2, 0.25) is 5.15 Å². The van der Waals surface area contributed by atoms with Gasteiger partial charge in [0.25, 0.3) is 0 Å². The van der Waals surface area contributed by atoms with Crippen LogP contribution in [-0.4, -0.2) is 43.4 Å². The highest BCUT2D eigenvalue weighted by Crippen LogP contribution is 2.51. The number of aromatic hydroxyl groups is 1. The summed E-state index contributed by atoms with van der Waals surface area (Å²) < 4.78 is 15.2. The van der Waals surface area contributed by atoms with Crippen molar-refractivity contribution in [3.63, 3.8) is 0 Å². The first-order valence-electron chi connectivity index (χ1n) is 8.27. The number of esters is 2. The van der Waals surface area contributed by atoms with Gasteiger partial charge in [0.1, 0.15) is 5.15 Å². The van der Waals surface area contributed by atoms with E-state index in [0.717, 1.165) is 0 Å². The van der Waals surface area contributed by atoms with Gasteiger partial charge in [-0.2, -0.15) is 0 Å². The summed E-state index contributed by atoms with van der Waals surface area (Å²) in [5.74, 6) is -2.29. The number of benzene rings is 1. The van der Waals surface area contributed by atoms with Gasteiger partial charge < -0.3 is 19.3 Å². The van der Waals surface area contributed by atoms with Gasteiger partial charge >= 0.3 is 11.9 Å². The fourth-order valence-electron chi connectivity index (χ4n) is 3.55. The molecule has 0 aliphatic heterocycles. The number of phenols is 1. The van der Waals surface area contributed by atoms with Gasteiger partial charge in [0.05, 0.1) is 21.3 Å². The molecule has 1 aromatic heterocycles. The molecule has 7 nitrogen and oxygen atoms in total. The van der Waals surface area contributed by atoms with Gasteiger partial charge in [-0.3, -0.25) is 9.59 Å². The third-order valence-electron chi connectivity index (χ3n) is 4.81. The highest BCUT2D eigenvalue weighted by Gasteiger charge is 2.56. The van der Waals surface area contributed by atoms with Crippen LogP contribution in [0, 0.1) is 5.41 Å².